The third-order valence-corrected chi connectivity index (χ3v) is 5.26. The average Bonchev–Trinajstić information content (AvgIpc) is 2.43. The monoisotopic (exact) mass is 313 g/mol. The highest BCUT2D eigenvalue weighted by Crippen LogP contribution is 2.13. The molecular formula is C14H23N3O3S. The fraction of sp³-hybridized carbons (Fsp3) is 0.643. The van der Waals surface area contributed by atoms with E-state index in [1.54, 1.807) is 26.2 Å². The second-order valence-electron chi connectivity index (χ2n) is 5.58. The first-order chi connectivity index (χ1) is 9.89. The fourth-order valence-electron chi connectivity index (χ4n) is 2.58. The number of sulfonamides is 1. The van der Waals surface area contributed by atoms with Crippen LogP contribution in [0.3, 0.4) is 0 Å². The summed E-state index contributed by atoms with van der Waals surface area (Å²) in [5, 5.41) is 0. The van der Waals surface area contributed by atoms with E-state index in [1.807, 2.05) is 6.07 Å². The van der Waals surface area contributed by atoms with Crippen molar-refractivity contribution in [1.29, 1.82) is 0 Å². The number of aromatic nitrogens is 1. The maximum absolute atomic E-state index is 11.6. The van der Waals surface area contributed by atoms with Gasteiger partial charge in [0.1, 0.15) is 0 Å². The van der Waals surface area contributed by atoms with Crippen LogP contribution in [0, 0.1) is 0 Å². The molecule has 6 nitrogen and oxygen atoms in total. The maximum atomic E-state index is 11.6. The van der Waals surface area contributed by atoms with E-state index in [-0.39, 0.29) is 17.4 Å². The van der Waals surface area contributed by atoms with Crippen LogP contribution in [0.25, 0.3) is 0 Å². The quantitative estimate of drug-likeness (QED) is 0.848. The highest BCUT2D eigenvalue weighted by molar-refractivity contribution is 7.89. The molecular weight excluding hydrogens is 290 g/mol. The van der Waals surface area contributed by atoms with E-state index in [9.17, 15) is 13.2 Å². The minimum atomic E-state index is -3.16. The Morgan fingerprint density at radius 2 is 2.19 bits per heavy atom. The van der Waals surface area contributed by atoms with Crippen LogP contribution in [-0.4, -0.2) is 42.8 Å². The van der Waals surface area contributed by atoms with Gasteiger partial charge in [-0.2, -0.15) is 0 Å². The molecule has 1 N–H and O–H groups in total. The number of hydrogen-bond acceptors (Lipinski definition) is 4. The molecule has 1 fully saturated rings. The van der Waals surface area contributed by atoms with E-state index in [4.69, 9.17) is 0 Å². The number of rotatable bonds is 5. The summed E-state index contributed by atoms with van der Waals surface area (Å²) in [6.07, 6.45) is 3.59. The van der Waals surface area contributed by atoms with Crippen LogP contribution < -0.4 is 10.3 Å². The standard InChI is InChI=1S/C14H23N3O3S/c1-3-21(19,20)15-13-5-4-7-17(11-13)10-12-6-8-16(2)14(18)9-12/h6,8-9,13,15H,3-5,7,10-11H2,1-2H3/t13-/m1/s1. The Kier molecular flexibility index (Phi) is 5.18. The molecule has 0 unspecified atom stereocenters. The van der Waals surface area contributed by atoms with Crippen molar-refractivity contribution in [2.24, 2.45) is 7.05 Å². The van der Waals surface area contributed by atoms with Crippen molar-refractivity contribution in [2.75, 3.05) is 18.8 Å². The summed E-state index contributed by atoms with van der Waals surface area (Å²) in [4.78, 5) is 13.8. The SMILES string of the molecule is CCS(=O)(=O)N[C@@H]1CCCN(Cc2ccn(C)c(=O)c2)C1. The summed E-state index contributed by atoms with van der Waals surface area (Å²) in [7, 11) is -1.43. The molecule has 2 heterocycles. The predicted octanol–water partition coefficient (Wildman–Crippen LogP) is 0.289. The van der Waals surface area contributed by atoms with Gasteiger partial charge in [0, 0.05) is 38.4 Å². The minimum absolute atomic E-state index is 0.0206. The largest absolute Gasteiger partial charge is 0.319 e. The number of hydrogen-bond donors (Lipinski definition) is 1. The van der Waals surface area contributed by atoms with Gasteiger partial charge in [-0.25, -0.2) is 13.1 Å². The molecule has 7 heteroatoms. The Labute approximate surface area is 125 Å². The van der Waals surface area contributed by atoms with E-state index < -0.39 is 10.0 Å². The van der Waals surface area contributed by atoms with Crippen LogP contribution in [0.5, 0.6) is 0 Å². The molecule has 21 heavy (non-hydrogen) atoms. The molecule has 2 rings (SSSR count). The molecule has 1 aromatic rings. The summed E-state index contributed by atoms with van der Waals surface area (Å²) in [6.45, 7) is 3.94. The molecule has 0 bridgehead atoms. The number of likely N-dealkylation sites (tertiary alicyclic amines) is 1. The van der Waals surface area contributed by atoms with Gasteiger partial charge in [0.15, 0.2) is 0 Å². The van der Waals surface area contributed by atoms with Crippen LogP contribution >= 0.6 is 0 Å². The summed E-state index contributed by atoms with van der Waals surface area (Å²) < 4.78 is 27.6. The number of pyridine rings is 1. The average molecular weight is 313 g/mol. The molecule has 1 aliphatic rings. The van der Waals surface area contributed by atoms with Crippen molar-refractivity contribution < 1.29 is 8.42 Å². The van der Waals surface area contributed by atoms with Gasteiger partial charge in [-0.3, -0.25) is 9.69 Å². The summed E-state index contributed by atoms with van der Waals surface area (Å²) in [5.74, 6) is 0.109. The third kappa shape index (κ3) is 4.66. The zero-order chi connectivity index (χ0) is 15.5. The predicted molar refractivity (Wildman–Crippen MR) is 82.6 cm³/mol. The highest BCUT2D eigenvalue weighted by atomic mass is 32.2. The zero-order valence-corrected chi connectivity index (χ0v) is 13.4. The Hall–Kier alpha value is -1.18. The Balaban J connectivity index is 1.98. The molecule has 0 aromatic carbocycles. The highest BCUT2D eigenvalue weighted by Gasteiger charge is 2.23. The zero-order valence-electron chi connectivity index (χ0n) is 12.6. The van der Waals surface area contributed by atoms with Crippen LogP contribution in [0.1, 0.15) is 25.3 Å². The van der Waals surface area contributed by atoms with Crippen molar-refractivity contribution in [2.45, 2.75) is 32.4 Å². The number of aryl methyl sites for hydroxylation is 1. The molecule has 0 saturated carbocycles. The molecule has 0 spiro atoms. The first-order valence-electron chi connectivity index (χ1n) is 7.27. The first kappa shape index (κ1) is 16.2. The van der Waals surface area contributed by atoms with Gasteiger partial charge in [0.05, 0.1) is 5.75 Å². The van der Waals surface area contributed by atoms with Crippen LogP contribution in [0.2, 0.25) is 0 Å². The molecule has 1 saturated heterocycles. The van der Waals surface area contributed by atoms with Gasteiger partial charge in [0.25, 0.3) is 5.56 Å². The molecule has 0 radical (unpaired) electrons. The van der Waals surface area contributed by atoms with E-state index >= 15 is 0 Å². The van der Waals surface area contributed by atoms with Crippen molar-refractivity contribution >= 4 is 10.0 Å². The van der Waals surface area contributed by atoms with E-state index in [2.05, 4.69) is 9.62 Å². The molecule has 0 aliphatic carbocycles. The third-order valence-electron chi connectivity index (χ3n) is 3.81. The van der Waals surface area contributed by atoms with Crippen LogP contribution in [0.4, 0.5) is 0 Å². The number of nitrogens with one attached hydrogen (secondary N) is 1. The van der Waals surface area contributed by atoms with Gasteiger partial charge in [-0.05, 0) is 37.9 Å². The van der Waals surface area contributed by atoms with Crippen LogP contribution in [-0.2, 0) is 23.6 Å². The smallest absolute Gasteiger partial charge is 0.250 e. The Bertz CT molecular complexity index is 639. The summed E-state index contributed by atoms with van der Waals surface area (Å²) >= 11 is 0. The summed E-state index contributed by atoms with van der Waals surface area (Å²) in [6, 6.07) is 3.54. The summed E-state index contributed by atoms with van der Waals surface area (Å²) in [5.41, 5.74) is 0.949. The van der Waals surface area contributed by atoms with E-state index in [0.29, 0.717) is 13.1 Å². The number of piperidine rings is 1. The van der Waals surface area contributed by atoms with E-state index in [1.165, 1.54) is 4.57 Å². The van der Waals surface area contributed by atoms with Gasteiger partial charge < -0.3 is 4.57 Å². The number of nitrogens with zero attached hydrogens (tertiary/aromatic N) is 2. The molecule has 0 amide bonds. The molecule has 118 valence electrons. The molecule has 1 aliphatic heterocycles. The second-order valence-corrected chi connectivity index (χ2v) is 7.62. The molecule has 1 atom stereocenters. The first-order valence-corrected chi connectivity index (χ1v) is 8.93. The van der Waals surface area contributed by atoms with Crippen molar-refractivity contribution in [3.05, 3.63) is 34.2 Å². The topological polar surface area (TPSA) is 71.4 Å². The van der Waals surface area contributed by atoms with Crippen LogP contribution in [0.15, 0.2) is 23.1 Å². The van der Waals surface area contributed by atoms with Crippen molar-refractivity contribution in [3.8, 4) is 0 Å². The van der Waals surface area contributed by atoms with Gasteiger partial charge in [-0.15, -0.1) is 0 Å². The van der Waals surface area contributed by atoms with Gasteiger partial charge in [0.2, 0.25) is 10.0 Å². The maximum Gasteiger partial charge on any atom is 0.250 e. The van der Waals surface area contributed by atoms with Crippen molar-refractivity contribution in [3.63, 3.8) is 0 Å². The van der Waals surface area contributed by atoms with E-state index in [0.717, 1.165) is 24.9 Å². The van der Waals surface area contributed by atoms with Gasteiger partial charge >= 0.3 is 0 Å². The normalized spacial score (nSPS) is 20.6. The Morgan fingerprint density at radius 3 is 2.86 bits per heavy atom. The lowest BCUT2D eigenvalue weighted by Crippen LogP contribution is -2.47. The van der Waals surface area contributed by atoms with Crippen molar-refractivity contribution in [1.82, 2.24) is 14.2 Å². The fourth-order valence-corrected chi connectivity index (χ4v) is 3.45. The Morgan fingerprint density at radius 1 is 1.43 bits per heavy atom. The van der Waals surface area contributed by atoms with Gasteiger partial charge in [-0.1, -0.05) is 0 Å². The second kappa shape index (κ2) is 6.72. The molecule has 1 aromatic heterocycles. The lowest BCUT2D eigenvalue weighted by atomic mass is 10.1. The minimum Gasteiger partial charge on any atom is -0.319 e. The lowest BCUT2D eigenvalue weighted by molar-refractivity contribution is 0.194. The lowest BCUT2D eigenvalue weighted by Gasteiger charge is -2.32.